The zero-order chi connectivity index (χ0) is 18.9. The summed E-state index contributed by atoms with van der Waals surface area (Å²) in [5.74, 6) is 0.523. The molecule has 0 saturated carbocycles. The number of hydrogen-bond donors (Lipinski definition) is 1. The molecule has 1 N–H and O–H groups in total. The molecular weight excluding hydrogens is 352 g/mol. The molecule has 140 valence electrons. The van der Waals surface area contributed by atoms with E-state index >= 15 is 0 Å². The van der Waals surface area contributed by atoms with Crippen molar-refractivity contribution in [1.29, 1.82) is 0 Å². The number of aryl methyl sites for hydroxylation is 2. The lowest BCUT2D eigenvalue weighted by atomic mass is 10.1. The molecule has 0 spiro atoms. The Morgan fingerprint density at radius 2 is 1.88 bits per heavy atom. The highest BCUT2D eigenvalue weighted by atomic mass is 32.2. The SMILES string of the molecule is Cc1cc(C)nc(Nc2ccc(C3CCCN3S(=O)(=O)N(C)C)nc2)n1. The van der Waals surface area contributed by atoms with Crippen molar-refractivity contribution in [2.75, 3.05) is 26.0 Å². The van der Waals surface area contributed by atoms with Crippen LogP contribution in [0.5, 0.6) is 0 Å². The number of nitrogens with zero attached hydrogens (tertiary/aromatic N) is 5. The summed E-state index contributed by atoms with van der Waals surface area (Å²) in [4.78, 5) is 13.2. The maximum Gasteiger partial charge on any atom is 0.282 e. The number of aromatic nitrogens is 3. The van der Waals surface area contributed by atoms with Crippen molar-refractivity contribution in [3.8, 4) is 0 Å². The molecular formula is C17H24N6O2S. The van der Waals surface area contributed by atoms with E-state index in [9.17, 15) is 8.42 Å². The fraction of sp³-hybridized carbons (Fsp3) is 0.471. The van der Waals surface area contributed by atoms with E-state index in [0.29, 0.717) is 12.5 Å². The lowest BCUT2D eigenvalue weighted by molar-refractivity contribution is 0.358. The van der Waals surface area contributed by atoms with Crippen molar-refractivity contribution >= 4 is 21.8 Å². The van der Waals surface area contributed by atoms with Gasteiger partial charge < -0.3 is 5.32 Å². The fourth-order valence-corrected chi connectivity index (χ4v) is 4.42. The van der Waals surface area contributed by atoms with Gasteiger partial charge in [0.15, 0.2) is 0 Å². The van der Waals surface area contributed by atoms with Crippen LogP contribution in [0.15, 0.2) is 24.4 Å². The molecule has 1 aliphatic heterocycles. The molecule has 0 aromatic carbocycles. The topological polar surface area (TPSA) is 91.3 Å². The van der Waals surface area contributed by atoms with E-state index in [4.69, 9.17) is 0 Å². The number of anilines is 2. The van der Waals surface area contributed by atoms with Crippen molar-refractivity contribution in [3.63, 3.8) is 0 Å². The summed E-state index contributed by atoms with van der Waals surface area (Å²) in [7, 11) is -0.350. The Balaban J connectivity index is 1.79. The van der Waals surface area contributed by atoms with Crippen LogP contribution in [0, 0.1) is 13.8 Å². The summed E-state index contributed by atoms with van der Waals surface area (Å²) in [5, 5.41) is 3.14. The Labute approximate surface area is 154 Å². The molecule has 0 radical (unpaired) electrons. The first-order chi connectivity index (χ1) is 12.3. The highest BCUT2D eigenvalue weighted by Gasteiger charge is 2.37. The van der Waals surface area contributed by atoms with Crippen LogP contribution in [-0.4, -0.2) is 52.6 Å². The molecule has 3 rings (SSSR count). The summed E-state index contributed by atoms with van der Waals surface area (Å²) >= 11 is 0. The van der Waals surface area contributed by atoms with Gasteiger partial charge in [-0.25, -0.2) is 9.97 Å². The van der Waals surface area contributed by atoms with Gasteiger partial charge >= 0.3 is 0 Å². The predicted octanol–water partition coefficient (Wildman–Crippen LogP) is 2.18. The number of hydrogen-bond acceptors (Lipinski definition) is 6. The van der Waals surface area contributed by atoms with Gasteiger partial charge in [-0.05, 0) is 44.9 Å². The van der Waals surface area contributed by atoms with E-state index in [1.54, 1.807) is 20.3 Å². The fourth-order valence-electron chi connectivity index (χ4n) is 3.11. The van der Waals surface area contributed by atoms with Crippen LogP contribution in [0.3, 0.4) is 0 Å². The Bertz CT molecular complexity index is 862. The molecule has 0 aliphatic carbocycles. The summed E-state index contributed by atoms with van der Waals surface area (Å²) in [6, 6.07) is 5.42. The second kappa shape index (κ2) is 7.26. The molecule has 2 aromatic heterocycles. The lowest BCUT2D eigenvalue weighted by Crippen LogP contribution is -2.39. The van der Waals surface area contributed by atoms with Crippen LogP contribution < -0.4 is 5.32 Å². The molecule has 1 fully saturated rings. The van der Waals surface area contributed by atoms with E-state index in [0.717, 1.165) is 35.6 Å². The first-order valence-corrected chi connectivity index (χ1v) is 9.91. The summed E-state index contributed by atoms with van der Waals surface area (Å²) in [5.41, 5.74) is 3.29. The molecule has 26 heavy (non-hydrogen) atoms. The van der Waals surface area contributed by atoms with Crippen LogP contribution in [0.25, 0.3) is 0 Å². The molecule has 0 bridgehead atoms. The molecule has 2 aromatic rings. The molecule has 8 nitrogen and oxygen atoms in total. The zero-order valence-electron chi connectivity index (χ0n) is 15.5. The van der Waals surface area contributed by atoms with Gasteiger partial charge in [-0.15, -0.1) is 0 Å². The first kappa shape index (κ1) is 18.7. The van der Waals surface area contributed by atoms with Crippen molar-refractivity contribution in [3.05, 3.63) is 41.5 Å². The minimum atomic E-state index is -3.45. The minimum Gasteiger partial charge on any atom is -0.323 e. The van der Waals surface area contributed by atoms with Crippen molar-refractivity contribution in [2.24, 2.45) is 0 Å². The van der Waals surface area contributed by atoms with Gasteiger partial charge in [0.25, 0.3) is 10.2 Å². The Kier molecular flexibility index (Phi) is 5.22. The third kappa shape index (κ3) is 3.84. The Hall–Kier alpha value is -2.10. The van der Waals surface area contributed by atoms with Gasteiger partial charge in [0, 0.05) is 32.0 Å². The number of rotatable bonds is 5. The normalized spacial score (nSPS) is 18.4. The van der Waals surface area contributed by atoms with Crippen molar-refractivity contribution < 1.29 is 8.42 Å². The smallest absolute Gasteiger partial charge is 0.282 e. The van der Waals surface area contributed by atoms with E-state index in [2.05, 4.69) is 20.3 Å². The third-order valence-electron chi connectivity index (χ3n) is 4.33. The minimum absolute atomic E-state index is 0.228. The van der Waals surface area contributed by atoms with Gasteiger partial charge in [0.1, 0.15) is 0 Å². The lowest BCUT2D eigenvalue weighted by Gasteiger charge is -2.26. The average Bonchev–Trinajstić information content (AvgIpc) is 3.05. The predicted molar refractivity (Wildman–Crippen MR) is 100 cm³/mol. The van der Waals surface area contributed by atoms with Gasteiger partial charge in [-0.3, -0.25) is 4.98 Å². The van der Waals surface area contributed by atoms with Gasteiger partial charge in [0.05, 0.1) is 23.6 Å². The standard InChI is InChI=1S/C17H24N6O2S/c1-12-10-13(2)20-17(19-12)21-14-7-8-15(18-11-14)16-6-5-9-23(16)26(24,25)22(3)4/h7-8,10-11,16H,5-6,9H2,1-4H3,(H,19,20,21). The Morgan fingerprint density at radius 3 is 2.46 bits per heavy atom. The van der Waals surface area contributed by atoms with Gasteiger partial charge in [-0.1, -0.05) is 0 Å². The van der Waals surface area contributed by atoms with Gasteiger partial charge in [0.2, 0.25) is 5.95 Å². The van der Waals surface area contributed by atoms with Crippen LogP contribution in [-0.2, 0) is 10.2 Å². The molecule has 1 saturated heterocycles. The molecule has 3 heterocycles. The van der Waals surface area contributed by atoms with Crippen LogP contribution >= 0.6 is 0 Å². The van der Waals surface area contributed by atoms with E-state index < -0.39 is 10.2 Å². The maximum absolute atomic E-state index is 12.5. The maximum atomic E-state index is 12.5. The summed E-state index contributed by atoms with van der Waals surface area (Å²) in [6.07, 6.45) is 3.29. The van der Waals surface area contributed by atoms with E-state index in [1.165, 1.54) is 8.61 Å². The zero-order valence-corrected chi connectivity index (χ0v) is 16.3. The van der Waals surface area contributed by atoms with Crippen molar-refractivity contribution in [2.45, 2.75) is 32.7 Å². The average molecular weight is 376 g/mol. The number of pyridine rings is 1. The Morgan fingerprint density at radius 1 is 1.19 bits per heavy atom. The molecule has 9 heteroatoms. The van der Waals surface area contributed by atoms with Crippen LogP contribution in [0.2, 0.25) is 0 Å². The summed E-state index contributed by atoms with van der Waals surface area (Å²) in [6.45, 7) is 4.35. The number of nitrogens with one attached hydrogen (secondary N) is 1. The monoisotopic (exact) mass is 376 g/mol. The summed E-state index contributed by atoms with van der Waals surface area (Å²) < 4.78 is 27.7. The molecule has 1 atom stereocenters. The molecule has 0 amide bonds. The van der Waals surface area contributed by atoms with Crippen LogP contribution in [0.1, 0.15) is 36.0 Å². The van der Waals surface area contributed by atoms with Crippen LogP contribution in [0.4, 0.5) is 11.6 Å². The first-order valence-electron chi connectivity index (χ1n) is 8.52. The third-order valence-corrected chi connectivity index (χ3v) is 6.28. The second-order valence-corrected chi connectivity index (χ2v) is 8.72. The highest BCUT2D eigenvalue weighted by molar-refractivity contribution is 7.86. The molecule has 1 unspecified atom stereocenters. The second-order valence-electron chi connectivity index (χ2n) is 6.63. The van der Waals surface area contributed by atoms with E-state index in [1.807, 2.05) is 32.0 Å². The largest absolute Gasteiger partial charge is 0.323 e. The van der Waals surface area contributed by atoms with E-state index in [-0.39, 0.29) is 6.04 Å². The van der Waals surface area contributed by atoms with Gasteiger partial charge in [-0.2, -0.15) is 17.0 Å². The quantitative estimate of drug-likeness (QED) is 0.860. The molecule has 1 aliphatic rings. The van der Waals surface area contributed by atoms with Crippen molar-refractivity contribution in [1.82, 2.24) is 23.6 Å². The highest BCUT2D eigenvalue weighted by Crippen LogP contribution is 2.34.